The van der Waals surface area contributed by atoms with E-state index in [2.05, 4.69) is 15.6 Å². The number of piperazine rings is 1. The first-order chi connectivity index (χ1) is 14.4. The highest BCUT2D eigenvalue weighted by Gasteiger charge is 2.30. The summed E-state index contributed by atoms with van der Waals surface area (Å²) in [5.41, 5.74) is 1.52. The average Bonchev–Trinajstić information content (AvgIpc) is 2.68. The van der Waals surface area contributed by atoms with Crippen LogP contribution in [-0.4, -0.2) is 71.4 Å². The van der Waals surface area contributed by atoms with Crippen molar-refractivity contribution in [2.45, 2.75) is 12.6 Å². The number of aromatic nitrogens is 1. The molecule has 1 aliphatic heterocycles. The van der Waals surface area contributed by atoms with E-state index < -0.39 is 17.9 Å². The lowest BCUT2D eigenvalue weighted by Gasteiger charge is -2.39. The van der Waals surface area contributed by atoms with Crippen LogP contribution in [0.4, 0.5) is 25.4 Å². The van der Waals surface area contributed by atoms with Gasteiger partial charge in [-0.3, -0.25) is 9.88 Å². The summed E-state index contributed by atoms with van der Waals surface area (Å²) in [5, 5.41) is 14.6. The second-order valence-corrected chi connectivity index (χ2v) is 6.99. The molecular formula is C20H24FN5O4. The van der Waals surface area contributed by atoms with Crippen molar-refractivity contribution >= 4 is 23.5 Å². The number of nitrogens with one attached hydrogen (secondary N) is 2. The number of hydrogen-bond donors (Lipinski definition) is 3. The smallest absolute Gasteiger partial charge is 0.407 e. The molecule has 1 aromatic heterocycles. The number of pyridine rings is 1. The van der Waals surface area contributed by atoms with Crippen molar-refractivity contribution in [1.29, 1.82) is 0 Å². The van der Waals surface area contributed by atoms with Crippen molar-refractivity contribution in [3.05, 3.63) is 54.1 Å². The quantitative estimate of drug-likeness (QED) is 0.667. The van der Waals surface area contributed by atoms with Crippen LogP contribution in [0.15, 0.2) is 42.7 Å². The molecule has 2 aromatic rings. The van der Waals surface area contributed by atoms with Gasteiger partial charge in [-0.05, 0) is 35.9 Å². The zero-order chi connectivity index (χ0) is 21.5. The van der Waals surface area contributed by atoms with Crippen LogP contribution in [0.5, 0.6) is 0 Å². The van der Waals surface area contributed by atoms with Crippen LogP contribution in [0.25, 0.3) is 0 Å². The van der Waals surface area contributed by atoms with Crippen molar-refractivity contribution in [3.8, 4) is 0 Å². The molecule has 1 saturated heterocycles. The number of carboxylic acid groups (broad SMARTS) is 1. The Morgan fingerprint density at radius 3 is 2.77 bits per heavy atom. The molecule has 0 radical (unpaired) electrons. The van der Waals surface area contributed by atoms with Crippen LogP contribution < -0.4 is 10.6 Å². The Kier molecular flexibility index (Phi) is 7.15. The molecular weight excluding hydrogens is 393 g/mol. The molecule has 2 heterocycles. The van der Waals surface area contributed by atoms with Gasteiger partial charge in [0.15, 0.2) is 0 Å². The molecule has 30 heavy (non-hydrogen) atoms. The number of methoxy groups -OCH3 is 1. The first-order valence-electron chi connectivity index (χ1n) is 9.43. The standard InChI is InChI=1S/C20H24FN5O4/c1-30-13-18-12-25(5-6-26(18)20(28)29)11-14-7-15(21)9-17(8-14)24-19(27)23-16-3-2-4-22-10-16/h2-4,7-10,18H,5-6,11-13H2,1H3,(H,28,29)(H2,23,24,27)/t18-/m0/s1. The van der Waals surface area contributed by atoms with Crippen LogP contribution in [0.3, 0.4) is 0 Å². The van der Waals surface area contributed by atoms with E-state index >= 15 is 0 Å². The third-order valence-corrected chi connectivity index (χ3v) is 4.71. The van der Waals surface area contributed by atoms with Crippen LogP contribution >= 0.6 is 0 Å². The lowest BCUT2D eigenvalue weighted by Crippen LogP contribution is -2.56. The summed E-state index contributed by atoms with van der Waals surface area (Å²) in [7, 11) is 1.53. The summed E-state index contributed by atoms with van der Waals surface area (Å²) in [4.78, 5) is 30.8. The Bertz CT molecular complexity index is 883. The van der Waals surface area contributed by atoms with Gasteiger partial charge in [0.05, 0.1) is 24.5 Å². The highest BCUT2D eigenvalue weighted by molar-refractivity contribution is 5.99. The lowest BCUT2D eigenvalue weighted by molar-refractivity contribution is 0.0265. The average molecular weight is 417 g/mol. The zero-order valence-corrected chi connectivity index (χ0v) is 16.5. The number of rotatable bonds is 6. The normalized spacial score (nSPS) is 16.9. The van der Waals surface area contributed by atoms with Gasteiger partial charge in [0.25, 0.3) is 0 Å². The fraction of sp³-hybridized carbons (Fsp3) is 0.350. The van der Waals surface area contributed by atoms with E-state index in [-0.39, 0.29) is 12.6 Å². The molecule has 3 amide bonds. The van der Waals surface area contributed by atoms with E-state index in [9.17, 15) is 19.1 Å². The van der Waals surface area contributed by atoms with E-state index in [0.29, 0.717) is 43.1 Å². The predicted octanol–water partition coefficient (Wildman–Crippen LogP) is 2.68. The molecule has 3 rings (SSSR count). The predicted molar refractivity (Wildman–Crippen MR) is 109 cm³/mol. The Labute approximate surface area is 173 Å². The first-order valence-corrected chi connectivity index (χ1v) is 9.43. The first kappa shape index (κ1) is 21.5. The molecule has 0 unspecified atom stereocenters. The van der Waals surface area contributed by atoms with Crippen molar-refractivity contribution in [1.82, 2.24) is 14.8 Å². The maximum Gasteiger partial charge on any atom is 0.407 e. The van der Waals surface area contributed by atoms with Crippen LogP contribution in [-0.2, 0) is 11.3 Å². The van der Waals surface area contributed by atoms with Crippen molar-refractivity contribution in [3.63, 3.8) is 0 Å². The molecule has 1 atom stereocenters. The highest BCUT2D eigenvalue weighted by atomic mass is 19.1. The molecule has 1 aliphatic rings. The third kappa shape index (κ3) is 5.88. The molecule has 0 spiro atoms. The third-order valence-electron chi connectivity index (χ3n) is 4.71. The van der Waals surface area contributed by atoms with Crippen LogP contribution in [0.1, 0.15) is 5.56 Å². The molecule has 0 aliphatic carbocycles. The number of ether oxygens (including phenoxy) is 1. The highest BCUT2D eigenvalue weighted by Crippen LogP contribution is 2.19. The number of benzene rings is 1. The minimum atomic E-state index is -0.978. The van der Waals surface area contributed by atoms with Gasteiger partial charge in [0, 0.05) is 45.2 Å². The fourth-order valence-electron chi connectivity index (χ4n) is 3.45. The Morgan fingerprint density at radius 2 is 2.07 bits per heavy atom. The van der Waals surface area contributed by atoms with Crippen LogP contribution in [0, 0.1) is 5.82 Å². The molecule has 1 fully saturated rings. The summed E-state index contributed by atoms with van der Waals surface area (Å²) in [6.45, 7) is 2.04. The van der Waals surface area contributed by atoms with Gasteiger partial charge in [0.1, 0.15) is 5.82 Å². The Morgan fingerprint density at radius 1 is 1.27 bits per heavy atom. The number of urea groups is 1. The molecule has 9 nitrogen and oxygen atoms in total. The summed E-state index contributed by atoms with van der Waals surface area (Å²) in [5.74, 6) is -0.471. The summed E-state index contributed by atoms with van der Waals surface area (Å²) in [6.07, 6.45) is 2.12. The number of nitrogens with zero attached hydrogens (tertiary/aromatic N) is 3. The molecule has 0 saturated carbocycles. The summed E-state index contributed by atoms with van der Waals surface area (Å²) in [6, 6.07) is 6.92. The Balaban J connectivity index is 1.63. The summed E-state index contributed by atoms with van der Waals surface area (Å²) < 4.78 is 19.3. The van der Waals surface area contributed by atoms with Crippen molar-refractivity contribution in [2.24, 2.45) is 0 Å². The number of carbonyl (C=O) groups excluding carboxylic acids is 1. The second-order valence-electron chi connectivity index (χ2n) is 6.99. The van der Waals surface area contributed by atoms with Gasteiger partial charge in [-0.1, -0.05) is 0 Å². The van der Waals surface area contributed by atoms with E-state index in [1.807, 2.05) is 4.90 Å². The van der Waals surface area contributed by atoms with Gasteiger partial charge < -0.3 is 25.4 Å². The topological polar surface area (TPSA) is 107 Å². The maximum absolute atomic E-state index is 14.1. The van der Waals surface area contributed by atoms with Crippen LogP contribution in [0.2, 0.25) is 0 Å². The van der Waals surface area contributed by atoms with E-state index in [0.717, 1.165) is 0 Å². The van der Waals surface area contributed by atoms with E-state index in [1.165, 1.54) is 30.3 Å². The molecule has 1 aromatic carbocycles. The number of halogens is 1. The van der Waals surface area contributed by atoms with E-state index in [4.69, 9.17) is 4.74 Å². The number of amides is 3. The zero-order valence-electron chi connectivity index (χ0n) is 16.5. The number of carbonyl (C=O) groups is 2. The maximum atomic E-state index is 14.1. The number of hydrogen-bond acceptors (Lipinski definition) is 5. The molecule has 10 heteroatoms. The Hall–Kier alpha value is -3.24. The van der Waals surface area contributed by atoms with E-state index in [1.54, 1.807) is 24.4 Å². The molecule has 0 bridgehead atoms. The second kappa shape index (κ2) is 9.99. The minimum Gasteiger partial charge on any atom is -0.465 e. The monoisotopic (exact) mass is 417 g/mol. The largest absolute Gasteiger partial charge is 0.465 e. The van der Waals surface area contributed by atoms with Gasteiger partial charge in [-0.15, -0.1) is 0 Å². The minimum absolute atomic E-state index is 0.285. The number of anilines is 2. The van der Waals surface area contributed by atoms with Gasteiger partial charge in [0.2, 0.25) is 0 Å². The molecule has 3 N–H and O–H groups in total. The van der Waals surface area contributed by atoms with Gasteiger partial charge in [-0.25, -0.2) is 14.0 Å². The molecule has 160 valence electrons. The fourth-order valence-corrected chi connectivity index (χ4v) is 3.45. The lowest BCUT2D eigenvalue weighted by atomic mass is 10.1. The van der Waals surface area contributed by atoms with Gasteiger partial charge >= 0.3 is 12.1 Å². The van der Waals surface area contributed by atoms with Crippen molar-refractivity contribution in [2.75, 3.05) is 44.0 Å². The van der Waals surface area contributed by atoms with Crippen molar-refractivity contribution < 1.29 is 23.8 Å². The SMILES string of the molecule is COC[C@@H]1CN(Cc2cc(F)cc(NC(=O)Nc3cccnc3)c2)CCN1C(=O)O. The van der Waals surface area contributed by atoms with Gasteiger partial charge in [-0.2, -0.15) is 0 Å². The summed E-state index contributed by atoms with van der Waals surface area (Å²) >= 11 is 0.